The van der Waals surface area contributed by atoms with Crippen molar-refractivity contribution in [3.05, 3.63) is 34.3 Å². The van der Waals surface area contributed by atoms with Crippen LogP contribution >= 0.6 is 15.9 Å². The lowest BCUT2D eigenvalue weighted by Gasteiger charge is -2.19. The monoisotopic (exact) mass is 320 g/mol. The highest BCUT2D eigenvalue weighted by Gasteiger charge is 2.37. The van der Waals surface area contributed by atoms with Gasteiger partial charge in [-0.2, -0.15) is 5.26 Å². The molecule has 4 heteroatoms. The SMILES string of the molecule is C[C@H]1CC(C(=O)NCC#N)C(c2cccc(Br)c2)C1. The smallest absolute Gasteiger partial charge is 0.224 e. The summed E-state index contributed by atoms with van der Waals surface area (Å²) in [6, 6.07) is 10.1. The Kier molecular flexibility index (Phi) is 4.60. The van der Waals surface area contributed by atoms with Gasteiger partial charge in [-0.05, 0) is 42.4 Å². The largest absolute Gasteiger partial charge is 0.343 e. The van der Waals surface area contributed by atoms with Gasteiger partial charge in [-0.3, -0.25) is 4.79 Å². The first-order valence-corrected chi connectivity index (χ1v) is 7.31. The average Bonchev–Trinajstić information content (AvgIpc) is 2.78. The number of amides is 1. The molecule has 2 rings (SSSR count). The summed E-state index contributed by atoms with van der Waals surface area (Å²) in [6.07, 6.45) is 1.93. The van der Waals surface area contributed by atoms with E-state index in [0.29, 0.717) is 5.92 Å². The molecule has 1 aromatic rings. The van der Waals surface area contributed by atoms with Crippen LogP contribution in [-0.2, 0) is 4.79 Å². The number of carbonyl (C=O) groups excluding carboxylic acids is 1. The number of benzene rings is 1. The molecule has 1 N–H and O–H groups in total. The molecule has 3 nitrogen and oxygen atoms in total. The number of nitrogens with zero attached hydrogens (tertiary/aromatic N) is 1. The van der Waals surface area contributed by atoms with Crippen LogP contribution in [-0.4, -0.2) is 12.5 Å². The van der Waals surface area contributed by atoms with Gasteiger partial charge in [0.05, 0.1) is 6.07 Å². The molecule has 3 atom stereocenters. The van der Waals surface area contributed by atoms with E-state index in [1.807, 2.05) is 18.2 Å². The number of hydrogen-bond acceptors (Lipinski definition) is 2. The molecule has 100 valence electrons. The van der Waals surface area contributed by atoms with Gasteiger partial charge in [0.15, 0.2) is 0 Å². The molecule has 0 heterocycles. The summed E-state index contributed by atoms with van der Waals surface area (Å²) in [5, 5.41) is 11.3. The summed E-state index contributed by atoms with van der Waals surface area (Å²) >= 11 is 3.48. The molecule has 1 aromatic carbocycles. The quantitative estimate of drug-likeness (QED) is 0.869. The summed E-state index contributed by atoms with van der Waals surface area (Å²) in [4.78, 5) is 12.1. The highest BCUT2D eigenvalue weighted by molar-refractivity contribution is 9.10. The minimum absolute atomic E-state index is 0.0101. The fraction of sp³-hybridized carbons (Fsp3) is 0.467. The van der Waals surface area contributed by atoms with Crippen LogP contribution in [0.5, 0.6) is 0 Å². The maximum absolute atomic E-state index is 12.1. The van der Waals surface area contributed by atoms with Crippen molar-refractivity contribution in [2.45, 2.75) is 25.7 Å². The first-order valence-electron chi connectivity index (χ1n) is 6.52. The minimum Gasteiger partial charge on any atom is -0.343 e. The molecule has 0 radical (unpaired) electrons. The van der Waals surface area contributed by atoms with Gasteiger partial charge in [-0.15, -0.1) is 0 Å². The predicted octanol–water partition coefficient (Wildman–Crippen LogP) is 3.22. The standard InChI is InChI=1S/C15H17BrN2O/c1-10-7-13(11-3-2-4-12(16)9-11)14(8-10)15(19)18-6-5-17/h2-4,9-10,13-14H,6-8H2,1H3,(H,18,19)/t10-,13?,14?/m1/s1. The zero-order valence-electron chi connectivity index (χ0n) is 10.9. The Labute approximate surface area is 122 Å². The predicted molar refractivity (Wildman–Crippen MR) is 77.4 cm³/mol. The third kappa shape index (κ3) is 3.36. The third-order valence-electron chi connectivity index (χ3n) is 3.75. The van der Waals surface area contributed by atoms with Crippen molar-refractivity contribution in [2.75, 3.05) is 6.54 Å². The molecule has 1 saturated carbocycles. The number of nitrogens with one attached hydrogen (secondary N) is 1. The van der Waals surface area contributed by atoms with Crippen LogP contribution in [0.2, 0.25) is 0 Å². The second-order valence-corrected chi connectivity index (χ2v) is 6.14. The normalized spacial score (nSPS) is 25.8. The molecule has 1 amide bonds. The van der Waals surface area contributed by atoms with Crippen molar-refractivity contribution in [3.63, 3.8) is 0 Å². The van der Waals surface area contributed by atoms with Crippen molar-refractivity contribution in [3.8, 4) is 6.07 Å². The zero-order valence-corrected chi connectivity index (χ0v) is 12.5. The Morgan fingerprint density at radius 2 is 2.32 bits per heavy atom. The fourth-order valence-corrected chi connectivity index (χ4v) is 3.36. The maximum atomic E-state index is 12.1. The molecule has 2 unspecified atom stereocenters. The molecule has 1 aliphatic carbocycles. The lowest BCUT2D eigenvalue weighted by molar-refractivity contribution is -0.125. The van der Waals surface area contributed by atoms with E-state index in [1.165, 1.54) is 5.56 Å². The van der Waals surface area contributed by atoms with Crippen molar-refractivity contribution in [1.82, 2.24) is 5.32 Å². The highest BCUT2D eigenvalue weighted by atomic mass is 79.9. The molecule has 0 aliphatic heterocycles. The molecule has 0 saturated heterocycles. The average molecular weight is 321 g/mol. The molecular formula is C15H17BrN2O. The van der Waals surface area contributed by atoms with Gasteiger partial charge >= 0.3 is 0 Å². The van der Waals surface area contributed by atoms with E-state index in [0.717, 1.165) is 17.3 Å². The van der Waals surface area contributed by atoms with Gasteiger partial charge in [-0.1, -0.05) is 35.0 Å². The number of halogens is 1. The Hall–Kier alpha value is -1.34. The minimum atomic E-state index is -0.0161. The Morgan fingerprint density at radius 1 is 1.53 bits per heavy atom. The number of rotatable bonds is 3. The zero-order chi connectivity index (χ0) is 13.8. The van der Waals surface area contributed by atoms with Gasteiger partial charge in [0, 0.05) is 10.4 Å². The topological polar surface area (TPSA) is 52.9 Å². The van der Waals surface area contributed by atoms with Crippen molar-refractivity contribution >= 4 is 21.8 Å². The Balaban J connectivity index is 2.18. The van der Waals surface area contributed by atoms with Crippen LogP contribution in [0.25, 0.3) is 0 Å². The summed E-state index contributed by atoms with van der Waals surface area (Å²) in [7, 11) is 0. The molecule has 0 aromatic heterocycles. The molecule has 1 aliphatic rings. The van der Waals surface area contributed by atoms with E-state index < -0.39 is 0 Å². The fourth-order valence-electron chi connectivity index (χ4n) is 2.94. The van der Waals surface area contributed by atoms with Gasteiger partial charge in [-0.25, -0.2) is 0 Å². The number of carbonyl (C=O) groups is 1. The lowest BCUT2D eigenvalue weighted by Crippen LogP contribution is -2.32. The maximum Gasteiger partial charge on any atom is 0.224 e. The van der Waals surface area contributed by atoms with E-state index in [1.54, 1.807) is 0 Å². The van der Waals surface area contributed by atoms with E-state index in [4.69, 9.17) is 5.26 Å². The molecular weight excluding hydrogens is 304 g/mol. The molecule has 0 spiro atoms. The highest BCUT2D eigenvalue weighted by Crippen LogP contribution is 2.43. The van der Waals surface area contributed by atoms with Crippen LogP contribution in [0.3, 0.4) is 0 Å². The van der Waals surface area contributed by atoms with Crippen molar-refractivity contribution in [2.24, 2.45) is 11.8 Å². The number of nitriles is 1. The molecule has 19 heavy (non-hydrogen) atoms. The van der Waals surface area contributed by atoms with Crippen molar-refractivity contribution in [1.29, 1.82) is 5.26 Å². The molecule has 1 fully saturated rings. The first-order chi connectivity index (χ1) is 9.11. The lowest BCUT2D eigenvalue weighted by atomic mass is 9.88. The van der Waals surface area contributed by atoms with Crippen LogP contribution < -0.4 is 5.32 Å². The summed E-state index contributed by atoms with van der Waals surface area (Å²) in [5.41, 5.74) is 1.20. The van der Waals surface area contributed by atoms with Crippen LogP contribution in [0, 0.1) is 23.2 Å². The Morgan fingerprint density at radius 3 is 3.00 bits per heavy atom. The van der Waals surface area contributed by atoms with Crippen LogP contribution in [0.15, 0.2) is 28.7 Å². The van der Waals surface area contributed by atoms with Gasteiger partial charge in [0.1, 0.15) is 6.54 Å². The third-order valence-corrected chi connectivity index (χ3v) is 4.25. The van der Waals surface area contributed by atoms with Crippen LogP contribution in [0.1, 0.15) is 31.2 Å². The van der Waals surface area contributed by atoms with E-state index >= 15 is 0 Å². The van der Waals surface area contributed by atoms with Gasteiger partial charge < -0.3 is 5.32 Å². The summed E-state index contributed by atoms with van der Waals surface area (Å²) in [5.74, 6) is 0.793. The van der Waals surface area contributed by atoms with Gasteiger partial charge in [0.2, 0.25) is 5.91 Å². The Bertz CT molecular complexity index is 509. The van der Waals surface area contributed by atoms with Crippen molar-refractivity contribution < 1.29 is 4.79 Å². The second-order valence-electron chi connectivity index (χ2n) is 5.22. The molecule has 0 bridgehead atoms. The summed E-state index contributed by atoms with van der Waals surface area (Å²) in [6.45, 7) is 2.28. The van der Waals surface area contributed by atoms with Gasteiger partial charge in [0.25, 0.3) is 0 Å². The van der Waals surface area contributed by atoms with E-state index in [2.05, 4.69) is 40.3 Å². The van der Waals surface area contributed by atoms with Crippen LogP contribution in [0.4, 0.5) is 0 Å². The van der Waals surface area contributed by atoms with E-state index in [-0.39, 0.29) is 24.3 Å². The number of hydrogen-bond donors (Lipinski definition) is 1. The first kappa shape index (κ1) is 14.1. The summed E-state index contributed by atoms with van der Waals surface area (Å²) < 4.78 is 1.04. The second kappa shape index (κ2) is 6.21. The van der Waals surface area contributed by atoms with E-state index in [9.17, 15) is 4.79 Å².